The summed E-state index contributed by atoms with van der Waals surface area (Å²) in [4.78, 5) is 5.77. The van der Waals surface area contributed by atoms with Crippen LogP contribution in [0.3, 0.4) is 0 Å². The quantitative estimate of drug-likeness (QED) is 0.884. The molecule has 2 nitrogen and oxygen atoms in total. The number of pyridine rings is 1. The summed E-state index contributed by atoms with van der Waals surface area (Å²) in [6.07, 6.45) is 1.96. The summed E-state index contributed by atoms with van der Waals surface area (Å²) in [5.74, 6) is 0. The molecule has 3 heteroatoms. The van der Waals surface area contributed by atoms with Crippen molar-refractivity contribution in [1.82, 2.24) is 10.3 Å². The third-order valence-electron chi connectivity index (χ3n) is 3.21. The van der Waals surface area contributed by atoms with Crippen molar-refractivity contribution >= 4 is 11.8 Å². The van der Waals surface area contributed by atoms with Crippen molar-refractivity contribution < 1.29 is 0 Å². The summed E-state index contributed by atoms with van der Waals surface area (Å²) in [5.41, 5.74) is 3.88. The van der Waals surface area contributed by atoms with Gasteiger partial charge in [0.25, 0.3) is 0 Å². The van der Waals surface area contributed by atoms with Crippen molar-refractivity contribution in [3.05, 3.63) is 53.2 Å². The highest BCUT2D eigenvalue weighted by molar-refractivity contribution is 7.99. The molecule has 2 aromatic rings. The normalized spacial score (nSPS) is 11.1. The second kappa shape index (κ2) is 6.91. The van der Waals surface area contributed by atoms with Gasteiger partial charge in [0.05, 0.1) is 0 Å². The summed E-state index contributed by atoms with van der Waals surface area (Å²) in [6.45, 7) is 9.46. The van der Waals surface area contributed by atoms with Crippen molar-refractivity contribution in [3.63, 3.8) is 0 Å². The van der Waals surface area contributed by atoms with E-state index in [0.29, 0.717) is 6.04 Å². The van der Waals surface area contributed by atoms with Crippen LogP contribution in [-0.4, -0.2) is 11.0 Å². The number of aromatic nitrogens is 1. The van der Waals surface area contributed by atoms with E-state index >= 15 is 0 Å². The molecule has 0 fully saturated rings. The van der Waals surface area contributed by atoms with Crippen LogP contribution in [0.5, 0.6) is 0 Å². The van der Waals surface area contributed by atoms with Crippen molar-refractivity contribution in [2.75, 3.05) is 0 Å². The Morgan fingerprint density at radius 2 is 1.90 bits per heavy atom. The zero-order chi connectivity index (χ0) is 14.5. The van der Waals surface area contributed by atoms with E-state index in [-0.39, 0.29) is 0 Å². The largest absolute Gasteiger partial charge is 0.310 e. The molecular formula is C17H22N2S. The minimum absolute atomic E-state index is 0.500. The maximum Gasteiger partial charge on any atom is 0.101 e. The minimum atomic E-state index is 0.500. The van der Waals surface area contributed by atoms with Crippen molar-refractivity contribution in [2.24, 2.45) is 0 Å². The zero-order valence-corrected chi connectivity index (χ0v) is 13.4. The van der Waals surface area contributed by atoms with E-state index in [9.17, 15) is 0 Å². The van der Waals surface area contributed by atoms with Crippen LogP contribution in [0.2, 0.25) is 0 Å². The van der Waals surface area contributed by atoms with E-state index in [1.54, 1.807) is 11.8 Å². The van der Waals surface area contributed by atoms with Crippen molar-refractivity contribution in [2.45, 2.75) is 50.2 Å². The van der Waals surface area contributed by atoms with Gasteiger partial charge in [0.2, 0.25) is 0 Å². The SMILES string of the molecule is Cc1ccc(Sc2ccc(CNC(C)C)cn2)cc1C. The lowest BCUT2D eigenvalue weighted by Gasteiger charge is -2.08. The fraction of sp³-hybridized carbons (Fsp3) is 0.353. The van der Waals surface area contributed by atoms with Gasteiger partial charge in [0.1, 0.15) is 5.03 Å². The zero-order valence-electron chi connectivity index (χ0n) is 12.6. The van der Waals surface area contributed by atoms with Crippen LogP contribution in [0.4, 0.5) is 0 Å². The molecule has 1 heterocycles. The Morgan fingerprint density at radius 3 is 2.50 bits per heavy atom. The first kappa shape index (κ1) is 15.1. The van der Waals surface area contributed by atoms with E-state index < -0.39 is 0 Å². The summed E-state index contributed by atoms with van der Waals surface area (Å²) in [5, 5.41) is 4.44. The molecule has 1 aromatic heterocycles. The first-order chi connectivity index (χ1) is 9.54. The highest BCUT2D eigenvalue weighted by Crippen LogP contribution is 2.27. The molecule has 0 spiro atoms. The molecular weight excluding hydrogens is 264 g/mol. The highest BCUT2D eigenvalue weighted by atomic mass is 32.2. The van der Waals surface area contributed by atoms with Crippen LogP contribution in [-0.2, 0) is 6.54 Å². The second-order valence-corrected chi connectivity index (χ2v) is 6.48. The maximum atomic E-state index is 4.53. The van der Waals surface area contributed by atoms with Crippen LogP contribution in [0.15, 0.2) is 46.5 Å². The fourth-order valence-electron chi connectivity index (χ4n) is 1.80. The lowest BCUT2D eigenvalue weighted by atomic mass is 10.1. The van der Waals surface area contributed by atoms with E-state index in [4.69, 9.17) is 0 Å². The molecule has 1 aromatic carbocycles. The Hall–Kier alpha value is -1.32. The number of hydrogen-bond acceptors (Lipinski definition) is 3. The standard InChI is InChI=1S/C17H22N2S/c1-12(2)18-10-15-6-8-17(19-11-15)20-16-7-5-13(3)14(4)9-16/h5-9,11-12,18H,10H2,1-4H3. The van der Waals surface area contributed by atoms with Crippen LogP contribution in [0, 0.1) is 13.8 Å². The van der Waals surface area contributed by atoms with E-state index in [2.05, 4.69) is 68.3 Å². The number of aryl methyl sites for hydroxylation is 2. The molecule has 0 bridgehead atoms. The molecule has 0 saturated carbocycles. The lowest BCUT2D eigenvalue weighted by molar-refractivity contribution is 0.587. The molecule has 106 valence electrons. The van der Waals surface area contributed by atoms with Crippen LogP contribution < -0.4 is 5.32 Å². The third-order valence-corrected chi connectivity index (χ3v) is 4.15. The minimum Gasteiger partial charge on any atom is -0.310 e. The monoisotopic (exact) mass is 286 g/mol. The van der Waals surface area contributed by atoms with Crippen molar-refractivity contribution in [1.29, 1.82) is 0 Å². The topological polar surface area (TPSA) is 24.9 Å². The van der Waals surface area contributed by atoms with Gasteiger partial charge in [-0.1, -0.05) is 37.7 Å². The Labute approximate surface area is 126 Å². The lowest BCUT2D eigenvalue weighted by Crippen LogP contribution is -2.21. The van der Waals surface area contributed by atoms with Gasteiger partial charge in [-0.25, -0.2) is 4.98 Å². The number of hydrogen-bond donors (Lipinski definition) is 1. The molecule has 2 rings (SSSR count). The van der Waals surface area contributed by atoms with E-state index in [0.717, 1.165) is 11.6 Å². The maximum absolute atomic E-state index is 4.53. The average molecular weight is 286 g/mol. The number of nitrogens with one attached hydrogen (secondary N) is 1. The molecule has 0 aliphatic heterocycles. The van der Waals surface area contributed by atoms with Gasteiger partial charge in [-0.2, -0.15) is 0 Å². The summed E-state index contributed by atoms with van der Waals surface area (Å²) >= 11 is 1.71. The molecule has 0 aliphatic rings. The second-order valence-electron chi connectivity index (χ2n) is 5.39. The van der Waals surface area contributed by atoms with Gasteiger partial charge in [-0.05, 0) is 48.7 Å². The Bertz CT molecular complexity index is 562. The smallest absolute Gasteiger partial charge is 0.101 e. The first-order valence-corrected chi connectivity index (χ1v) is 7.79. The van der Waals surface area contributed by atoms with Crippen LogP contribution >= 0.6 is 11.8 Å². The molecule has 0 aliphatic carbocycles. The summed E-state index contributed by atoms with van der Waals surface area (Å²) in [7, 11) is 0. The summed E-state index contributed by atoms with van der Waals surface area (Å²) in [6, 6.07) is 11.3. The number of rotatable bonds is 5. The number of benzene rings is 1. The van der Waals surface area contributed by atoms with Gasteiger partial charge in [-0.15, -0.1) is 0 Å². The summed E-state index contributed by atoms with van der Waals surface area (Å²) < 4.78 is 0. The molecule has 0 unspecified atom stereocenters. The molecule has 0 amide bonds. The molecule has 1 N–H and O–H groups in total. The van der Waals surface area contributed by atoms with E-state index in [1.807, 2.05) is 6.20 Å². The number of nitrogens with zero attached hydrogens (tertiary/aromatic N) is 1. The molecule has 20 heavy (non-hydrogen) atoms. The van der Waals surface area contributed by atoms with Crippen molar-refractivity contribution in [3.8, 4) is 0 Å². The van der Waals surface area contributed by atoms with Crippen LogP contribution in [0.25, 0.3) is 0 Å². The van der Waals surface area contributed by atoms with Gasteiger partial charge in [0.15, 0.2) is 0 Å². The van der Waals surface area contributed by atoms with Gasteiger partial charge in [-0.3, -0.25) is 0 Å². The average Bonchev–Trinajstić information content (AvgIpc) is 2.42. The molecule has 0 radical (unpaired) electrons. The van der Waals surface area contributed by atoms with Gasteiger partial charge in [0, 0.05) is 23.7 Å². The first-order valence-electron chi connectivity index (χ1n) is 6.98. The fourth-order valence-corrected chi connectivity index (χ4v) is 2.65. The predicted octanol–water partition coefficient (Wildman–Crippen LogP) is 4.35. The molecule has 0 atom stereocenters. The van der Waals surface area contributed by atoms with E-state index in [1.165, 1.54) is 21.6 Å². The Balaban J connectivity index is 2.01. The van der Waals surface area contributed by atoms with Crippen LogP contribution in [0.1, 0.15) is 30.5 Å². The Kier molecular flexibility index (Phi) is 5.21. The molecule has 0 saturated heterocycles. The third kappa shape index (κ3) is 4.36. The van der Waals surface area contributed by atoms with Gasteiger partial charge >= 0.3 is 0 Å². The Morgan fingerprint density at radius 1 is 1.10 bits per heavy atom. The van der Waals surface area contributed by atoms with Gasteiger partial charge < -0.3 is 5.32 Å². The predicted molar refractivity (Wildman–Crippen MR) is 86.3 cm³/mol. The highest BCUT2D eigenvalue weighted by Gasteiger charge is 2.02.